The van der Waals surface area contributed by atoms with Crippen molar-refractivity contribution in [2.75, 3.05) is 19.6 Å². The summed E-state index contributed by atoms with van der Waals surface area (Å²) < 4.78 is 2.53. The van der Waals surface area contributed by atoms with Crippen molar-refractivity contribution in [1.82, 2.24) is 19.7 Å². The second-order valence-electron chi connectivity index (χ2n) is 4.26. The number of aromatic amines is 1. The molecule has 6 heteroatoms. The Hall–Kier alpha value is -0.720. The lowest BCUT2D eigenvalue weighted by atomic mass is 10.1. The molecular weight excluding hydrogens is 224 g/mol. The first kappa shape index (κ1) is 11.8. The van der Waals surface area contributed by atoms with Crippen LogP contribution in [0, 0.1) is 10.7 Å². The van der Waals surface area contributed by atoms with E-state index in [1.54, 1.807) is 0 Å². The maximum Gasteiger partial charge on any atom is 0.195 e. The van der Waals surface area contributed by atoms with Crippen LogP contribution in [-0.2, 0) is 13.2 Å². The Morgan fingerprint density at radius 1 is 1.62 bits per heavy atom. The topological polar surface area (TPSA) is 57.1 Å². The van der Waals surface area contributed by atoms with E-state index in [1.165, 1.54) is 13.0 Å². The maximum atomic E-state index is 9.14. The van der Waals surface area contributed by atoms with Gasteiger partial charge in [-0.1, -0.05) is 6.92 Å². The van der Waals surface area contributed by atoms with E-state index in [9.17, 15) is 0 Å². The standard InChI is InChI=1S/C10H18N4OS/c1-2-13-4-3-8(5-13)6-14-9(7-15)11-12-10(14)16/h8,15H,2-7H2,1H3,(H,12,16). The third-order valence-electron chi connectivity index (χ3n) is 3.24. The molecule has 0 bridgehead atoms. The van der Waals surface area contributed by atoms with Gasteiger partial charge < -0.3 is 14.6 Å². The van der Waals surface area contributed by atoms with Crippen LogP contribution in [0.15, 0.2) is 0 Å². The molecule has 0 saturated carbocycles. The number of hydrogen-bond donors (Lipinski definition) is 2. The summed E-state index contributed by atoms with van der Waals surface area (Å²) >= 11 is 5.15. The van der Waals surface area contributed by atoms with Crippen LogP contribution in [0.3, 0.4) is 0 Å². The number of nitrogens with zero attached hydrogens (tertiary/aromatic N) is 3. The Labute approximate surface area is 100 Å². The van der Waals surface area contributed by atoms with E-state index >= 15 is 0 Å². The van der Waals surface area contributed by atoms with Gasteiger partial charge in [-0.2, -0.15) is 5.10 Å². The second kappa shape index (κ2) is 5.07. The molecule has 1 atom stereocenters. The highest BCUT2D eigenvalue weighted by atomic mass is 32.1. The highest BCUT2D eigenvalue weighted by Crippen LogP contribution is 2.18. The normalized spacial score (nSPS) is 21.8. The Morgan fingerprint density at radius 3 is 3.06 bits per heavy atom. The van der Waals surface area contributed by atoms with Gasteiger partial charge in [-0.05, 0) is 37.6 Å². The third kappa shape index (κ3) is 2.34. The largest absolute Gasteiger partial charge is 0.388 e. The molecule has 0 radical (unpaired) electrons. The van der Waals surface area contributed by atoms with Gasteiger partial charge in [0.2, 0.25) is 0 Å². The average molecular weight is 242 g/mol. The molecule has 1 fully saturated rings. The van der Waals surface area contributed by atoms with E-state index in [0.717, 1.165) is 19.6 Å². The van der Waals surface area contributed by atoms with Crippen molar-refractivity contribution in [3.05, 3.63) is 10.6 Å². The highest BCUT2D eigenvalue weighted by Gasteiger charge is 2.22. The van der Waals surface area contributed by atoms with Gasteiger partial charge in [0.05, 0.1) is 0 Å². The van der Waals surface area contributed by atoms with Gasteiger partial charge in [0.15, 0.2) is 10.6 Å². The van der Waals surface area contributed by atoms with Gasteiger partial charge in [-0.15, -0.1) is 0 Å². The average Bonchev–Trinajstić information content (AvgIpc) is 2.88. The summed E-state index contributed by atoms with van der Waals surface area (Å²) in [6, 6.07) is 0. The van der Waals surface area contributed by atoms with Crippen molar-refractivity contribution in [3.8, 4) is 0 Å². The van der Waals surface area contributed by atoms with Crippen LogP contribution in [0.4, 0.5) is 0 Å². The minimum atomic E-state index is -0.0582. The first-order chi connectivity index (χ1) is 7.74. The number of nitrogens with one attached hydrogen (secondary N) is 1. The molecule has 1 aromatic rings. The van der Waals surface area contributed by atoms with E-state index in [4.69, 9.17) is 17.3 Å². The predicted molar refractivity (Wildman–Crippen MR) is 63.6 cm³/mol. The molecule has 0 aromatic carbocycles. The number of aromatic nitrogens is 3. The molecule has 2 heterocycles. The fraction of sp³-hybridized carbons (Fsp3) is 0.800. The van der Waals surface area contributed by atoms with Gasteiger partial charge >= 0.3 is 0 Å². The zero-order chi connectivity index (χ0) is 11.5. The van der Waals surface area contributed by atoms with Crippen molar-refractivity contribution < 1.29 is 5.11 Å². The maximum absolute atomic E-state index is 9.14. The van der Waals surface area contributed by atoms with Crippen molar-refractivity contribution in [3.63, 3.8) is 0 Å². The monoisotopic (exact) mass is 242 g/mol. The SMILES string of the molecule is CCN1CCC(Cn2c(CO)n[nH]c2=S)C1. The minimum absolute atomic E-state index is 0.0582. The Morgan fingerprint density at radius 2 is 2.44 bits per heavy atom. The number of H-pyrrole nitrogens is 1. The number of likely N-dealkylation sites (tertiary alicyclic amines) is 1. The van der Waals surface area contributed by atoms with Crippen LogP contribution in [0.25, 0.3) is 0 Å². The summed E-state index contributed by atoms with van der Waals surface area (Å²) in [7, 11) is 0. The first-order valence-electron chi connectivity index (χ1n) is 5.72. The van der Waals surface area contributed by atoms with Crippen molar-refractivity contribution in [2.24, 2.45) is 5.92 Å². The van der Waals surface area contributed by atoms with Gasteiger partial charge in [0, 0.05) is 13.1 Å². The zero-order valence-electron chi connectivity index (χ0n) is 9.52. The second-order valence-corrected chi connectivity index (χ2v) is 4.65. The van der Waals surface area contributed by atoms with E-state index in [1.807, 2.05) is 4.57 Å². The van der Waals surface area contributed by atoms with Crippen LogP contribution in [0.2, 0.25) is 0 Å². The van der Waals surface area contributed by atoms with Crippen molar-refractivity contribution in [2.45, 2.75) is 26.5 Å². The number of hydrogen-bond acceptors (Lipinski definition) is 4. The number of aliphatic hydroxyl groups excluding tert-OH is 1. The lowest BCUT2D eigenvalue weighted by Crippen LogP contribution is -2.21. The first-order valence-corrected chi connectivity index (χ1v) is 6.12. The fourth-order valence-corrected chi connectivity index (χ4v) is 2.49. The fourth-order valence-electron chi connectivity index (χ4n) is 2.27. The molecule has 1 saturated heterocycles. The van der Waals surface area contributed by atoms with E-state index in [0.29, 0.717) is 16.5 Å². The lowest BCUT2D eigenvalue weighted by molar-refractivity contribution is 0.259. The van der Waals surface area contributed by atoms with E-state index in [-0.39, 0.29) is 6.61 Å². The van der Waals surface area contributed by atoms with Crippen LogP contribution in [-0.4, -0.2) is 44.4 Å². The molecule has 90 valence electrons. The van der Waals surface area contributed by atoms with E-state index < -0.39 is 0 Å². The summed E-state index contributed by atoms with van der Waals surface area (Å²) in [5.41, 5.74) is 0. The van der Waals surface area contributed by atoms with Crippen molar-refractivity contribution >= 4 is 12.2 Å². The summed E-state index contributed by atoms with van der Waals surface area (Å²) in [4.78, 5) is 2.44. The molecule has 16 heavy (non-hydrogen) atoms. The van der Waals surface area contributed by atoms with Gasteiger partial charge in [-0.3, -0.25) is 5.10 Å². The number of rotatable bonds is 4. The molecule has 1 aliphatic heterocycles. The third-order valence-corrected chi connectivity index (χ3v) is 3.55. The zero-order valence-corrected chi connectivity index (χ0v) is 10.3. The van der Waals surface area contributed by atoms with Gasteiger partial charge in [0.25, 0.3) is 0 Å². The van der Waals surface area contributed by atoms with Crippen LogP contribution in [0.1, 0.15) is 19.2 Å². The number of aliphatic hydroxyl groups is 1. The Bertz CT molecular complexity index is 400. The van der Waals surface area contributed by atoms with Crippen LogP contribution >= 0.6 is 12.2 Å². The lowest BCUT2D eigenvalue weighted by Gasteiger charge is -2.14. The minimum Gasteiger partial charge on any atom is -0.388 e. The van der Waals surface area contributed by atoms with Crippen molar-refractivity contribution in [1.29, 1.82) is 0 Å². The molecule has 0 amide bonds. The quantitative estimate of drug-likeness (QED) is 0.766. The highest BCUT2D eigenvalue weighted by molar-refractivity contribution is 7.71. The molecule has 1 aliphatic rings. The Kier molecular flexibility index (Phi) is 3.73. The summed E-state index contributed by atoms with van der Waals surface area (Å²) in [6.07, 6.45) is 1.20. The molecule has 2 N–H and O–H groups in total. The summed E-state index contributed by atoms with van der Waals surface area (Å²) in [5.74, 6) is 1.26. The summed E-state index contributed by atoms with van der Waals surface area (Å²) in [5, 5.41) is 15.9. The molecule has 1 unspecified atom stereocenters. The molecule has 0 aliphatic carbocycles. The predicted octanol–water partition coefficient (Wildman–Crippen LogP) is 0.775. The Balaban J connectivity index is 2.04. The van der Waals surface area contributed by atoms with Crippen LogP contribution < -0.4 is 0 Å². The van der Waals surface area contributed by atoms with Crippen LogP contribution in [0.5, 0.6) is 0 Å². The summed E-state index contributed by atoms with van der Waals surface area (Å²) in [6.45, 7) is 6.39. The van der Waals surface area contributed by atoms with Gasteiger partial charge in [-0.25, -0.2) is 0 Å². The molecule has 0 spiro atoms. The smallest absolute Gasteiger partial charge is 0.195 e. The molecule has 5 nitrogen and oxygen atoms in total. The van der Waals surface area contributed by atoms with E-state index in [2.05, 4.69) is 22.0 Å². The molecular formula is C10H18N4OS. The molecule has 1 aromatic heterocycles. The molecule has 2 rings (SSSR count). The van der Waals surface area contributed by atoms with Gasteiger partial charge in [0.1, 0.15) is 6.61 Å².